The minimum atomic E-state index is 0.103. The van der Waals surface area contributed by atoms with Gasteiger partial charge < -0.3 is 15.4 Å². The molecule has 20 heavy (non-hydrogen) atoms. The van der Waals surface area contributed by atoms with E-state index in [4.69, 9.17) is 10.5 Å². The van der Waals surface area contributed by atoms with Crippen molar-refractivity contribution in [3.8, 4) is 0 Å². The van der Waals surface area contributed by atoms with Gasteiger partial charge in [-0.2, -0.15) is 0 Å². The highest BCUT2D eigenvalue weighted by molar-refractivity contribution is 5.58. The third kappa shape index (κ3) is 2.82. The maximum Gasteiger partial charge on any atom is 0.0850 e. The Labute approximate surface area is 121 Å². The number of nitrogens with two attached hydrogens (primary N) is 1. The van der Waals surface area contributed by atoms with Crippen molar-refractivity contribution in [2.24, 2.45) is 5.73 Å². The van der Waals surface area contributed by atoms with Gasteiger partial charge in [-0.25, -0.2) is 0 Å². The second-order valence-corrected chi connectivity index (χ2v) is 6.14. The molecule has 2 aliphatic rings. The third-order valence-electron chi connectivity index (χ3n) is 4.44. The lowest BCUT2D eigenvalue weighted by Crippen LogP contribution is -2.49. The molecule has 2 N–H and O–H groups in total. The van der Waals surface area contributed by atoms with Gasteiger partial charge in [-0.15, -0.1) is 0 Å². The number of morpholine rings is 1. The summed E-state index contributed by atoms with van der Waals surface area (Å²) < 4.78 is 5.72. The predicted molar refractivity (Wildman–Crippen MR) is 82.1 cm³/mol. The Kier molecular flexibility index (Phi) is 3.96. The summed E-state index contributed by atoms with van der Waals surface area (Å²) in [5, 5.41) is 0. The Morgan fingerprint density at radius 3 is 3.05 bits per heavy atom. The Morgan fingerprint density at radius 2 is 2.25 bits per heavy atom. The van der Waals surface area contributed by atoms with Crippen molar-refractivity contribution in [1.29, 1.82) is 0 Å². The number of benzene rings is 1. The molecule has 0 aliphatic carbocycles. The zero-order chi connectivity index (χ0) is 14.1. The number of fused-ring (bicyclic) bond motifs is 1. The molecule has 0 aromatic heterocycles. The van der Waals surface area contributed by atoms with Crippen LogP contribution in [0.2, 0.25) is 0 Å². The van der Waals surface area contributed by atoms with E-state index in [0.29, 0.717) is 0 Å². The molecule has 2 unspecified atom stereocenters. The van der Waals surface area contributed by atoms with Gasteiger partial charge in [0, 0.05) is 45.0 Å². The number of anilines is 1. The van der Waals surface area contributed by atoms with Crippen molar-refractivity contribution < 1.29 is 4.74 Å². The average molecular weight is 275 g/mol. The summed E-state index contributed by atoms with van der Waals surface area (Å²) in [7, 11) is 2.17. The molecule has 2 heterocycles. The molecule has 1 aromatic rings. The molecule has 2 atom stereocenters. The Balaban J connectivity index is 1.66. The normalized spacial score (nSPS) is 24.8. The summed E-state index contributed by atoms with van der Waals surface area (Å²) in [6, 6.07) is 7.00. The van der Waals surface area contributed by atoms with Crippen LogP contribution < -0.4 is 10.6 Å². The molecule has 4 heteroatoms. The van der Waals surface area contributed by atoms with E-state index in [9.17, 15) is 0 Å². The molecule has 0 saturated carbocycles. The Bertz CT molecular complexity index is 475. The van der Waals surface area contributed by atoms with Crippen LogP contribution in [0.1, 0.15) is 18.1 Å². The SMILES string of the molecule is CC(N)C1CN(Cc2ccc3c(c2)CCN3C)CCO1. The molecular formula is C16H25N3O. The van der Waals surface area contributed by atoms with E-state index in [0.717, 1.165) is 32.8 Å². The van der Waals surface area contributed by atoms with E-state index in [-0.39, 0.29) is 12.1 Å². The molecule has 0 spiro atoms. The summed E-state index contributed by atoms with van der Waals surface area (Å²) >= 11 is 0. The number of hydrogen-bond acceptors (Lipinski definition) is 4. The second-order valence-electron chi connectivity index (χ2n) is 6.14. The van der Waals surface area contributed by atoms with Gasteiger partial charge in [-0.3, -0.25) is 4.90 Å². The molecule has 110 valence electrons. The van der Waals surface area contributed by atoms with Crippen molar-refractivity contribution >= 4 is 5.69 Å². The molecule has 1 fully saturated rings. The number of ether oxygens (including phenoxy) is 1. The van der Waals surface area contributed by atoms with Crippen molar-refractivity contribution in [1.82, 2.24) is 4.90 Å². The fourth-order valence-corrected chi connectivity index (χ4v) is 3.17. The van der Waals surface area contributed by atoms with Crippen molar-refractivity contribution in [3.63, 3.8) is 0 Å². The van der Waals surface area contributed by atoms with Crippen molar-refractivity contribution in [3.05, 3.63) is 29.3 Å². The van der Waals surface area contributed by atoms with Gasteiger partial charge in [0.15, 0.2) is 0 Å². The molecule has 4 nitrogen and oxygen atoms in total. The molecule has 3 rings (SSSR count). The van der Waals surface area contributed by atoms with Gasteiger partial charge in [0.25, 0.3) is 0 Å². The zero-order valence-electron chi connectivity index (χ0n) is 12.5. The van der Waals surface area contributed by atoms with E-state index < -0.39 is 0 Å². The molecule has 1 saturated heterocycles. The van der Waals surface area contributed by atoms with E-state index in [1.807, 2.05) is 6.92 Å². The quantitative estimate of drug-likeness (QED) is 0.901. The summed E-state index contributed by atoms with van der Waals surface area (Å²) in [5.41, 5.74) is 10.2. The lowest BCUT2D eigenvalue weighted by molar-refractivity contribution is -0.0403. The fourth-order valence-electron chi connectivity index (χ4n) is 3.17. The van der Waals surface area contributed by atoms with Crippen molar-refractivity contribution in [2.75, 3.05) is 38.2 Å². The van der Waals surface area contributed by atoms with Crippen LogP contribution in [0.5, 0.6) is 0 Å². The van der Waals surface area contributed by atoms with Crippen LogP contribution in [0, 0.1) is 0 Å². The van der Waals surface area contributed by atoms with E-state index >= 15 is 0 Å². The topological polar surface area (TPSA) is 41.7 Å². The van der Waals surface area contributed by atoms with Crippen LogP contribution in [0.3, 0.4) is 0 Å². The first-order chi connectivity index (χ1) is 9.63. The molecule has 0 bridgehead atoms. The highest BCUT2D eigenvalue weighted by Crippen LogP contribution is 2.28. The fraction of sp³-hybridized carbons (Fsp3) is 0.625. The molecule has 2 aliphatic heterocycles. The predicted octanol–water partition coefficient (Wildman–Crippen LogP) is 1.23. The maximum absolute atomic E-state index is 5.95. The number of rotatable bonds is 3. The molecule has 0 amide bonds. The maximum atomic E-state index is 5.95. The first-order valence-corrected chi connectivity index (χ1v) is 7.56. The Hall–Kier alpha value is -1.10. The standard InChI is InChI=1S/C16H25N3O/c1-12(17)16-11-19(7-8-20-16)10-13-3-4-15-14(9-13)5-6-18(15)2/h3-4,9,12,16H,5-8,10-11,17H2,1-2H3. The summed E-state index contributed by atoms with van der Waals surface area (Å²) in [5.74, 6) is 0. The van der Waals surface area contributed by atoms with Crippen LogP contribution in [0.4, 0.5) is 5.69 Å². The van der Waals surface area contributed by atoms with Gasteiger partial charge >= 0.3 is 0 Å². The molecule has 1 aromatic carbocycles. The lowest BCUT2D eigenvalue weighted by Gasteiger charge is -2.34. The average Bonchev–Trinajstić information content (AvgIpc) is 2.80. The largest absolute Gasteiger partial charge is 0.374 e. The highest BCUT2D eigenvalue weighted by Gasteiger charge is 2.24. The van der Waals surface area contributed by atoms with E-state index in [1.54, 1.807) is 0 Å². The summed E-state index contributed by atoms with van der Waals surface area (Å²) in [6.45, 7) is 6.90. The minimum Gasteiger partial charge on any atom is -0.374 e. The molecular weight excluding hydrogens is 250 g/mol. The van der Waals surface area contributed by atoms with Crippen LogP contribution in [-0.2, 0) is 17.7 Å². The first kappa shape index (κ1) is 13.9. The van der Waals surface area contributed by atoms with E-state index in [2.05, 4.69) is 35.0 Å². The second kappa shape index (κ2) is 5.72. The van der Waals surface area contributed by atoms with Gasteiger partial charge in [0.05, 0.1) is 12.7 Å². The summed E-state index contributed by atoms with van der Waals surface area (Å²) in [6.07, 6.45) is 1.34. The van der Waals surface area contributed by atoms with Gasteiger partial charge in [-0.05, 0) is 30.5 Å². The van der Waals surface area contributed by atoms with Crippen molar-refractivity contribution in [2.45, 2.75) is 32.0 Å². The summed E-state index contributed by atoms with van der Waals surface area (Å²) in [4.78, 5) is 4.79. The number of hydrogen-bond donors (Lipinski definition) is 1. The van der Waals surface area contributed by atoms with E-state index in [1.165, 1.54) is 23.2 Å². The van der Waals surface area contributed by atoms with Crippen LogP contribution >= 0.6 is 0 Å². The zero-order valence-corrected chi connectivity index (χ0v) is 12.5. The van der Waals surface area contributed by atoms with Crippen LogP contribution in [0.25, 0.3) is 0 Å². The monoisotopic (exact) mass is 275 g/mol. The first-order valence-electron chi connectivity index (χ1n) is 7.56. The number of likely N-dealkylation sites (N-methyl/N-ethyl adjacent to an activating group) is 1. The van der Waals surface area contributed by atoms with Crippen LogP contribution in [-0.4, -0.2) is 50.3 Å². The molecule has 0 radical (unpaired) electrons. The Morgan fingerprint density at radius 1 is 1.40 bits per heavy atom. The third-order valence-corrected chi connectivity index (χ3v) is 4.44. The van der Waals surface area contributed by atoms with Gasteiger partial charge in [0.1, 0.15) is 0 Å². The minimum absolute atomic E-state index is 0.103. The lowest BCUT2D eigenvalue weighted by atomic mass is 10.1. The smallest absolute Gasteiger partial charge is 0.0850 e. The van der Waals surface area contributed by atoms with Gasteiger partial charge in [-0.1, -0.05) is 12.1 Å². The van der Waals surface area contributed by atoms with Crippen LogP contribution in [0.15, 0.2) is 18.2 Å². The highest BCUT2D eigenvalue weighted by atomic mass is 16.5. The van der Waals surface area contributed by atoms with Gasteiger partial charge in [0.2, 0.25) is 0 Å². The number of nitrogens with zero attached hydrogens (tertiary/aromatic N) is 2.